The number of carbonyl (C=O) groups is 1. The van der Waals surface area contributed by atoms with E-state index in [1.165, 1.54) is 24.5 Å². The number of fused-ring (bicyclic) bond motifs is 1. The first kappa shape index (κ1) is 20.1. The molecule has 1 atom stereocenters. The fourth-order valence-corrected chi connectivity index (χ4v) is 3.91. The molecule has 3 rings (SSSR count). The highest BCUT2D eigenvalue weighted by Crippen LogP contribution is 2.38. The lowest BCUT2D eigenvalue weighted by molar-refractivity contribution is -0.116. The number of aromatic nitrogens is 1. The number of nitrogens with zero attached hydrogens (tertiary/aromatic N) is 1. The maximum atomic E-state index is 12.3. The van der Waals surface area contributed by atoms with Crippen LogP contribution in [0.1, 0.15) is 25.8 Å². The van der Waals surface area contributed by atoms with E-state index in [9.17, 15) is 13.2 Å². The molecule has 0 spiro atoms. The van der Waals surface area contributed by atoms with Crippen molar-refractivity contribution in [3.8, 4) is 11.5 Å². The second-order valence-corrected chi connectivity index (χ2v) is 8.17. The van der Waals surface area contributed by atoms with E-state index in [-0.39, 0.29) is 29.9 Å². The second-order valence-electron chi connectivity index (χ2n) is 6.41. The summed E-state index contributed by atoms with van der Waals surface area (Å²) in [7, 11) is -3.70. The third kappa shape index (κ3) is 4.79. The predicted octanol–water partition coefficient (Wildman–Crippen LogP) is 2.11. The van der Waals surface area contributed by atoms with Gasteiger partial charge < -0.3 is 14.8 Å². The van der Waals surface area contributed by atoms with Crippen LogP contribution in [0.2, 0.25) is 0 Å². The van der Waals surface area contributed by atoms with Crippen LogP contribution in [-0.4, -0.2) is 38.6 Å². The normalized spacial score (nSPS) is 15.6. The van der Waals surface area contributed by atoms with Gasteiger partial charge in [0.05, 0.1) is 12.3 Å². The number of ether oxygens (including phenoxy) is 2. The molecule has 0 bridgehead atoms. The molecular formula is C19H23N3O5S. The third-order valence-electron chi connectivity index (χ3n) is 4.16. The molecule has 0 saturated heterocycles. The number of pyridine rings is 1. The van der Waals surface area contributed by atoms with Crippen LogP contribution in [0.5, 0.6) is 11.5 Å². The molecule has 1 aliphatic heterocycles. The van der Waals surface area contributed by atoms with Gasteiger partial charge in [0, 0.05) is 43.4 Å². The molecule has 0 aliphatic carbocycles. The van der Waals surface area contributed by atoms with Crippen LogP contribution in [-0.2, 0) is 21.2 Å². The van der Waals surface area contributed by atoms with Crippen LogP contribution < -0.4 is 19.5 Å². The smallest absolute Gasteiger partial charge is 0.242 e. The number of carbonyl (C=O) groups excluding carboxylic acids is 1. The summed E-state index contributed by atoms with van der Waals surface area (Å²) in [6, 6.07) is 6.60. The fourth-order valence-electron chi connectivity index (χ4n) is 2.91. The Hall–Kier alpha value is -2.65. The van der Waals surface area contributed by atoms with Gasteiger partial charge in [-0.15, -0.1) is 0 Å². The quantitative estimate of drug-likeness (QED) is 0.697. The molecule has 2 N–H and O–H groups in total. The van der Waals surface area contributed by atoms with Crippen LogP contribution >= 0.6 is 0 Å². The predicted molar refractivity (Wildman–Crippen MR) is 104 cm³/mol. The van der Waals surface area contributed by atoms with Gasteiger partial charge in [0.25, 0.3) is 0 Å². The summed E-state index contributed by atoms with van der Waals surface area (Å²) in [6.45, 7) is 4.27. The second kappa shape index (κ2) is 8.57. The number of amides is 1. The van der Waals surface area contributed by atoms with Gasteiger partial charge in [-0.1, -0.05) is 0 Å². The van der Waals surface area contributed by atoms with E-state index in [0.29, 0.717) is 18.0 Å². The summed E-state index contributed by atoms with van der Waals surface area (Å²) in [6.07, 6.45) is 3.59. The van der Waals surface area contributed by atoms with Crippen molar-refractivity contribution in [1.82, 2.24) is 9.71 Å². The molecule has 1 amide bonds. The molecule has 2 aromatic rings. The van der Waals surface area contributed by atoms with Gasteiger partial charge in [-0.05, 0) is 32.0 Å². The van der Waals surface area contributed by atoms with Gasteiger partial charge in [0.2, 0.25) is 15.9 Å². The van der Waals surface area contributed by atoms with Crippen molar-refractivity contribution in [2.24, 2.45) is 0 Å². The molecule has 1 aromatic carbocycles. The lowest BCUT2D eigenvalue weighted by Gasteiger charge is -2.14. The first-order chi connectivity index (χ1) is 13.4. The Bertz CT molecular complexity index is 948. The first-order valence-electron chi connectivity index (χ1n) is 9.05. The summed E-state index contributed by atoms with van der Waals surface area (Å²) < 4.78 is 38.1. The third-order valence-corrected chi connectivity index (χ3v) is 5.61. The Morgan fingerprint density at radius 1 is 1.39 bits per heavy atom. The minimum absolute atomic E-state index is 0.0284. The zero-order chi connectivity index (χ0) is 20.1. The largest absolute Gasteiger partial charge is 0.492 e. The minimum Gasteiger partial charge on any atom is -0.492 e. The molecule has 8 nitrogen and oxygen atoms in total. The summed E-state index contributed by atoms with van der Waals surface area (Å²) in [5.74, 6) is 0.965. The molecule has 0 saturated carbocycles. The van der Waals surface area contributed by atoms with Crippen molar-refractivity contribution in [3.63, 3.8) is 0 Å². The van der Waals surface area contributed by atoms with Crippen LogP contribution in [0.25, 0.3) is 0 Å². The maximum absolute atomic E-state index is 12.3. The first-order valence-corrected chi connectivity index (χ1v) is 10.5. The Kier molecular flexibility index (Phi) is 6.15. The van der Waals surface area contributed by atoms with Crippen molar-refractivity contribution >= 4 is 21.6 Å². The van der Waals surface area contributed by atoms with Gasteiger partial charge in [-0.3, -0.25) is 9.78 Å². The van der Waals surface area contributed by atoms with Gasteiger partial charge in [0.15, 0.2) is 0 Å². The Morgan fingerprint density at radius 3 is 2.93 bits per heavy atom. The van der Waals surface area contributed by atoms with E-state index in [1.54, 1.807) is 6.07 Å². The van der Waals surface area contributed by atoms with Crippen LogP contribution in [0.3, 0.4) is 0 Å². The topological polar surface area (TPSA) is 107 Å². The van der Waals surface area contributed by atoms with Crippen LogP contribution in [0, 0.1) is 0 Å². The Morgan fingerprint density at radius 2 is 2.21 bits per heavy atom. The van der Waals surface area contributed by atoms with E-state index in [0.717, 1.165) is 17.7 Å². The van der Waals surface area contributed by atoms with E-state index >= 15 is 0 Å². The lowest BCUT2D eigenvalue weighted by atomic mass is 10.1. The number of hydrogen-bond donors (Lipinski definition) is 2. The highest BCUT2D eigenvalue weighted by Gasteiger charge is 2.22. The van der Waals surface area contributed by atoms with Crippen LogP contribution in [0.4, 0.5) is 5.69 Å². The zero-order valence-corrected chi connectivity index (χ0v) is 16.6. The molecule has 0 radical (unpaired) electrons. The highest BCUT2D eigenvalue weighted by molar-refractivity contribution is 7.89. The molecule has 0 fully saturated rings. The van der Waals surface area contributed by atoms with E-state index < -0.39 is 10.0 Å². The molecule has 1 unspecified atom stereocenters. The minimum atomic E-state index is -3.70. The number of rotatable bonds is 8. The molecule has 9 heteroatoms. The molecule has 2 heterocycles. The average molecular weight is 405 g/mol. The Balaban J connectivity index is 1.61. The van der Waals surface area contributed by atoms with E-state index in [2.05, 4.69) is 15.0 Å². The fraction of sp³-hybridized carbons (Fsp3) is 0.368. The number of hydrogen-bond acceptors (Lipinski definition) is 6. The highest BCUT2D eigenvalue weighted by atomic mass is 32.2. The molecule has 28 heavy (non-hydrogen) atoms. The van der Waals surface area contributed by atoms with Crippen molar-refractivity contribution in [1.29, 1.82) is 0 Å². The van der Waals surface area contributed by atoms with Crippen molar-refractivity contribution in [3.05, 3.63) is 42.2 Å². The summed E-state index contributed by atoms with van der Waals surface area (Å²) in [5.41, 5.74) is 1.55. The molecular weight excluding hydrogens is 382 g/mol. The van der Waals surface area contributed by atoms with Gasteiger partial charge in [0.1, 0.15) is 22.5 Å². The van der Waals surface area contributed by atoms with Gasteiger partial charge >= 0.3 is 0 Å². The van der Waals surface area contributed by atoms with Crippen molar-refractivity contribution < 1.29 is 22.7 Å². The Labute approximate surface area is 164 Å². The summed E-state index contributed by atoms with van der Waals surface area (Å²) >= 11 is 0. The zero-order valence-electron chi connectivity index (χ0n) is 15.8. The number of anilines is 1. The number of nitrogens with one attached hydrogen (secondary N) is 2. The van der Waals surface area contributed by atoms with E-state index in [4.69, 9.17) is 9.47 Å². The number of sulfonamides is 1. The monoisotopic (exact) mass is 405 g/mol. The molecule has 1 aromatic heterocycles. The number of benzene rings is 1. The standard InChI is InChI=1S/C19H23N3O5S/c1-3-26-18-10-14-9-13(2)27-17(14)11-16(18)22-19(23)6-8-21-28(24,25)15-5-4-7-20-12-15/h4-5,7,10-13,21H,3,6,8-9H2,1-2H3,(H,22,23). The summed E-state index contributed by atoms with van der Waals surface area (Å²) in [4.78, 5) is 16.1. The molecule has 1 aliphatic rings. The van der Waals surface area contributed by atoms with Gasteiger partial charge in [-0.25, -0.2) is 13.1 Å². The van der Waals surface area contributed by atoms with Gasteiger partial charge in [-0.2, -0.15) is 0 Å². The molecule has 150 valence electrons. The maximum Gasteiger partial charge on any atom is 0.242 e. The summed E-state index contributed by atoms with van der Waals surface area (Å²) in [5, 5.41) is 2.77. The van der Waals surface area contributed by atoms with Crippen LogP contribution in [0.15, 0.2) is 41.6 Å². The van der Waals surface area contributed by atoms with Crippen molar-refractivity contribution in [2.75, 3.05) is 18.5 Å². The average Bonchev–Trinajstić information content (AvgIpc) is 3.01. The SMILES string of the molecule is CCOc1cc2c(cc1NC(=O)CCNS(=O)(=O)c1cccnc1)OC(C)C2. The van der Waals surface area contributed by atoms with Crippen molar-refractivity contribution in [2.45, 2.75) is 37.7 Å². The lowest BCUT2D eigenvalue weighted by Crippen LogP contribution is -2.28. The van der Waals surface area contributed by atoms with E-state index in [1.807, 2.05) is 19.9 Å².